The lowest BCUT2D eigenvalue weighted by Gasteiger charge is -2.19. The van der Waals surface area contributed by atoms with Gasteiger partial charge < -0.3 is 20.1 Å². The normalized spacial score (nSPS) is 14.3. The SMILES string of the molecule is CCCCCC=CCC=CCC=CCC=CCC=CCCC(=O)OCC(COP(=O)(O)OCCN)OC=CCCCCCCC=CCCCCCCCC. The summed E-state index contributed by atoms with van der Waals surface area (Å²) in [5, 5.41) is 0. The number of hydrogen-bond donors (Lipinski definition) is 2. The molecule has 54 heavy (non-hydrogen) atoms. The van der Waals surface area contributed by atoms with Gasteiger partial charge in [0.1, 0.15) is 6.61 Å². The Labute approximate surface area is 330 Å². The number of ether oxygens (including phenoxy) is 2. The Morgan fingerprint density at radius 1 is 0.574 bits per heavy atom. The van der Waals surface area contributed by atoms with Crippen LogP contribution in [0.5, 0.6) is 0 Å². The van der Waals surface area contributed by atoms with Crippen LogP contribution in [-0.2, 0) is 27.9 Å². The molecule has 0 heterocycles. The van der Waals surface area contributed by atoms with Crippen molar-refractivity contribution in [1.29, 1.82) is 0 Å². The first-order valence-corrected chi connectivity index (χ1v) is 22.6. The van der Waals surface area contributed by atoms with E-state index in [2.05, 4.69) is 74.6 Å². The average Bonchev–Trinajstić information content (AvgIpc) is 3.16. The van der Waals surface area contributed by atoms with Crippen molar-refractivity contribution in [3.8, 4) is 0 Å². The van der Waals surface area contributed by atoms with E-state index in [9.17, 15) is 14.3 Å². The van der Waals surface area contributed by atoms with Crippen molar-refractivity contribution in [2.45, 2.75) is 168 Å². The molecule has 2 unspecified atom stereocenters. The van der Waals surface area contributed by atoms with Crippen LogP contribution < -0.4 is 5.73 Å². The highest BCUT2D eigenvalue weighted by Gasteiger charge is 2.24. The Morgan fingerprint density at radius 3 is 1.54 bits per heavy atom. The molecule has 0 radical (unpaired) electrons. The van der Waals surface area contributed by atoms with E-state index < -0.39 is 13.9 Å². The van der Waals surface area contributed by atoms with Crippen molar-refractivity contribution in [3.05, 3.63) is 85.3 Å². The summed E-state index contributed by atoms with van der Waals surface area (Å²) >= 11 is 0. The maximum Gasteiger partial charge on any atom is 0.472 e. The Kier molecular flexibility index (Phi) is 39.8. The molecule has 0 aromatic heterocycles. The summed E-state index contributed by atoms with van der Waals surface area (Å²) < 4.78 is 33.1. The van der Waals surface area contributed by atoms with Gasteiger partial charge >= 0.3 is 13.8 Å². The minimum atomic E-state index is -4.29. The van der Waals surface area contributed by atoms with Gasteiger partial charge in [-0.1, -0.05) is 145 Å². The van der Waals surface area contributed by atoms with Gasteiger partial charge in [-0.2, -0.15) is 0 Å². The van der Waals surface area contributed by atoms with Gasteiger partial charge in [-0.05, 0) is 89.5 Å². The van der Waals surface area contributed by atoms with Crippen LogP contribution >= 0.6 is 7.82 Å². The summed E-state index contributed by atoms with van der Waals surface area (Å²) in [6.45, 7) is 4.07. The first-order chi connectivity index (χ1) is 26.4. The molecule has 2 atom stereocenters. The van der Waals surface area contributed by atoms with Gasteiger partial charge in [-0.3, -0.25) is 13.8 Å². The summed E-state index contributed by atoms with van der Waals surface area (Å²) in [5.41, 5.74) is 5.36. The van der Waals surface area contributed by atoms with Gasteiger partial charge in [0.2, 0.25) is 0 Å². The number of phosphoric ester groups is 1. The molecule has 9 heteroatoms. The first-order valence-electron chi connectivity index (χ1n) is 21.1. The number of carbonyl (C=O) groups excluding carboxylic acids is 1. The number of phosphoric acid groups is 1. The van der Waals surface area contributed by atoms with Gasteiger partial charge in [-0.25, -0.2) is 4.57 Å². The zero-order valence-electron chi connectivity index (χ0n) is 34.2. The molecule has 0 saturated heterocycles. The van der Waals surface area contributed by atoms with Crippen molar-refractivity contribution in [2.24, 2.45) is 5.73 Å². The predicted molar refractivity (Wildman–Crippen MR) is 228 cm³/mol. The first kappa shape index (κ1) is 51.5. The fourth-order valence-corrected chi connectivity index (χ4v) is 5.96. The summed E-state index contributed by atoms with van der Waals surface area (Å²) in [7, 11) is -4.29. The second-order valence-electron chi connectivity index (χ2n) is 13.6. The number of hydrogen-bond acceptors (Lipinski definition) is 7. The summed E-state index contributed by atoms with van der Waals surface area (Å²) in [4.78, 5) is 22.2. The van der Waals surface area contributed by atoms with E-state index in [0.29, 0.717) is 6.42 Å². The third kappa shape index (κ3) is 40.7. The summed E-state index contributed by atoms with van der Waals surface area (Å²) in [6.07, 6.45) is 54.3. The molecular formula is C45H78NO7P. The lowest BCUT2D eigenvalue weighted by molar-refractivity contribution is -0.147. The molecule has 0 aromatic carbocycles. The van der Waals surface area contributed by atoms with Gasteiger partial charge in [-0.15, -0.1) is 0 Å². The van der Waals surface area contributed by atoms with Crippen molar-refractivity contribution in [1.82, 2.24) is 0 Å². The summed E-state index contributed by atoms with van der Waals surface area (Å²) in [5.74, 6) is -0.376. The van der Waals surface area contributed by atoms with Crippen LogP contribution in [0, 0.1) is 0 Å². The molecular weight excluding hydrogens is 697 g/mol. The molecule has 8 nitrogen and oxygen atoms in total. The van der Waals surface area contributed by atoms with Crippen molar-refractivity contribution < 1.29 is 32.8 Å². The fraction of sp³-hybridized carbons (Fsp3) is 0.667. The molecule has 0 amide bonds. The molecule has 0 aromatic rings. The summed E-state index contributed by atoms with van der Waals surface area (Å²) in [6, 6.07) is 0. The Bertz CT molecular complexity index is 1100. The van der Waals surface area contributed by atoms with Crippen LogP contribution in [0.4, 0.5) is 0 Å². The van der Waals surface area contributed by atoms with E-state index in [0.717, 1.165) is 51.4 Å². The highest BCUT2D eigenvalue weighted by molar-refractivity contribution is 7.47. The number of carbonyl (C=O) groups is 1. The number of rotatable bonds is 39. The van der Waals surface area contributed by atoms with Gasteiger partial charge in [0, 0.05) is 13.0 Å². The van der Waals surface area contributed by atoms with E-state index >= 15 is 0 Å². The van der Waals surface area contributed by atoms with E-state index in [1.807, 2.05) is 18.2 Å². The topological polar surface area (TPSA) is 117 Å². The predicted octanol–water partition coefficient (Wildman–Crippen LogP) is 12.9. The number of nitrogens with two attached hydrogens (primary N) is 1. The minimum absolute atomic E-state index is 0.0855. The Hall–Kier alpha value is -2.48. The van der Waals surface area contributed by atoms with Crippen LogP contribution in [0.2, 0.25) is 0 Å². The highest BCUT2D eigenvalue weighted by Crippen LogP contribution is 2.43. The van der Waals surface area contributed by atoms with Crippen LogP contribution in [0.3, 0.4) is 0 Å². The molecule has 0 aliphatic rings. The van der Waals surface area contributed by atoms with E-state index in [1.54, 1.807) is 6.26 Å². The lowest BCUT2D eigenvalue weighted by Crippen LogP contribution is -2.25. The highest BCUT2D eigenvalue weighted by atomic mass is 31.2. The molecule has 310 valence electrons. The van der Waals surface area contributed by atoms with E-state index in [-0.39, 0.29) is 38.8 Å². The van der Waals surface area contributed by atoms with Gasteiger partial charge in [0.25, 0.3) is 0 Å². The fourth-order valence-electron chi connectivity index (χ4n) is 5.19. The average molecular weight is 776 g/mol. The van der Waals surface area contributed by atoms with Crippen molar-refractivity contribution in [3.63, 3.8) is 0 Å². The van der Waals surface area contributed by atoms with Crippen LogP contribution in [-0.4, -0.2) is 43.3 Å². The van der Waals surface area contributed by atoms with Gasteiger partial charge in [0.15, 0.2) is 6.10 Å². The molecule has 0 fully saturated rings. The lowest BCUT2D eigenvalue weighted by atomic mass is 10.1. The molecule has 0 aliphatic heterocycles. The Morgan fingerprint density at radius 2 is 1.00 bits per heavy atom. The molecule has 0 saturated carbocycles. The molecule has 3 N–H and O–H groups in total. The van der Waals surface area contributed by atoms with Crippen molar-refractivity contribution in [2.75, 3.05) is 26.4 Å². The van der Waals surface area contributed by atoms with E-state index in [1.165, 1.54) is 83.5 Å². The quantitative estimate of drug-likeness (QED) is 0.0208. The molecule has 0 aliphatic carbocycles. The maximum atomic E-state index is 12.4. The van der Waals surface area contributed by atoms with Gasteiger partial charge in [0.05, 0.1) is 19.5 Å². The smallest absolute Gasteiger partial charge is 0.472 e. The zero-order valence-corrected chi connectivity index (χ0v) is 35.1. The molecule has 0 bridgehead atoms. The third-order valence-corrected chi connectivity index (χ3v) is 9.37. The second kappa shape index (κ2) is 41.7. The van der Waals surface area contributed by atoms with Crippen LogP contribution in [0.25, 0.3) is 0 Å². The molecule has 0 spiro atoms. The van der Waals surface area contributed by atoms with Crippen LogP contribution in [0.15, 0.2) is 85.3 Å². The minimum Gasteiger partial charge on any atom is -0.492 e. The zero-order chi connectivity index (χ0) is 39.5. The largest absolute Gasteiger partial charge is 0.492 e. The maximum absolute atomic E-state index is 12.4. The number of allylic oxidation sites excluding steroid dienone is 13. The second-order valence-corrected chi connectivity index (χ2v) is 15.0. The third-order valence-electron chi connectivity index (χ3n) is 8.39. The van der Waals surface area contributed by atoms with Crippen molar-refractivity contribution >= 4 is 13.8 Å². The Balaban J connectivity index is 4.26. The molecule has 0 rings (SSSR count). The number of unbranched alkanes of at least 4 members (excludes halogenated alkanes) is 14. The monoisotopic (exact) mass is 776 g/mol. The standard InChI is InChI=1S/C45H78NO7P/c1-3-5-7-9-11-13-15-17-19-21-22-23-24-26-28-30-32-34-36-38-45(47)51-42-44(43-53-54(48,49)52-41-39-46)50-40-37-35-33-31-29-27-25-20-18-16-14-12-10-8-6-4-2/h11,13,17-20,22-23,26,28,32,34,37,40,44H,3-10,12,14-16,21,24-25,27,29-31,33,35-36,38-39,41-43,46H2,1-2H3,(H,48,49). The van der Waals surface area contributed by atoms with E-state index in [4.69, 9.17) is 24.3 Å². The van der Waals surface area contributed by atoms with Crippen LogP contribution in [0.1, 0.15) is 162 Å². The number of esters is 1.